The quantitative estimate of drug-likeness (QED) is 0.584. The van der Waals surface area contributed by atoms with Crippen molar-refractivity contribution in [3.05, 3.63) is 11.6 Å². The third-order valence-electron chi connectivity index (χ3n) is 3.29. The number of hydrogen-bond acceptors (Lipinski definition) is 3. The van der Waals surface area contributed by atoms with Crippen LogP contribution in [0, 0.1) is 0 Å². The summed E-state index contributed by atoms with van der Waals surface area (Å²) in [4.78, 5) is 16.6. The minimum absolute atomic E-state index is 0.289. The summed E-state index contributed by atoms with van der Waals surface area (Å²) in [6.07, 6.45) is 9.53. The second kappa shape index (κ2) is 7.38. The van der Waals surface area contributed by atoms with E-state index in [2.05, 4.69) is 16.9 Å². The number of hydroxylamine groups is 1. The summed E-state index contributed by atoms with van der Waals surface area (Å²) in [5.41, 5.74) is 3.83. The summed E-state index contributed by atoms with van der Waals surface area (Å²) in [7, 11) is 0. The van der Waals surface area contributed by atoms with Crippen LogP contribution in [0.25, 0.3) is 0 Å². The first-order chi connectivity index (χ1) is 8.84. The number of allylic oxidation sites excluding steroid dienone is 1. The molecule has 1 saturated heterocycles. The summed E-state index contributed by atoms with van der Waals surface area (Å²) >= 11 is 0. The Labute approximate surface area is 108 Å². The molecule has 5 heteroatoms. The molecule has 1 aliphatic heterocycles. The molecular weight excluding hydrogens is 232 g/mol. The van der Waals surface area contributed by atoms with Crippen LogP contribution in [0.2, 0.25) is 0 Å². The Hall–Kier alpha value is -1.07. The molecule has 1 heterocycles. The predicted octanol–water partition coefficient (Wildman–Crippen LogP) is 2.24. The van der Waals surface area contributed by atoms with Crippen molar-refractivity contribution < 1.29 is 14.4 Å². The van der Waals surface area contributed by atoms with Gasteiger partial charge in [0.05, 0.1) is 0 Å². The molecule has 0 radical (unpaired) electrons. The van der Waals surface area contributed by atoms with Crippen LogP contribution in [-0.4, -0.2) is 25.5 Å². The number of rotatable bonds is 5. The van der Waals surface area contributed by atoms with Gasteiger partial charge in [-0.25, -0.2) is 15.1 Å². The second-order valence-electron chi connectivity index (χ2n) is 4.78. The Bertz CT molecular complexity index is 299. The van der Waals surface area contributed by atoms with Gasteiger partial charge in [-0.15, -0.1) is 0 Å². The summed E-state index contributed by atoms with van der Waals surface area (Å²) in [6.45, 7) is 1.37. The van der Waals surface area contributed by atoms with Gasteiger partial charge in [-0.05, 0) is 38.5 Å². The first-order valence-corrected chi connectivity index (χ1v) is 6.83. The van der Waals surface area contributed by atoms with E-state index in [1.165, 1.54) is 24.8 Å². The lowest BCUT2D eigenvalue weighted by atomic mass is 10.2. The van der Waals surface area contributed by atoms with Crippen molar-refractivity contribution >= 4 is 6.03 Å². The van der Waals surface area contributed by atoms with Crippen molar-refractivity contribution in [2.75, 3.05) is 13.2 Å². The molecule has 0 aromatic rings. The van der Waals surface area contributed by atoms with Gasteiger partial charge in [0.15, 0.2) is 6.29 Å². The van der Waals surface area contributed by atoms with Gasteiger partial charge in [0, 0.05) is 19.6 Å². The average Bonchev–Trinajstić information content (AvgIpc) is 2.91. The Balaban J connectivity index is 1.51. The largest absolute Gasteiger partial charge is 0.350 e. The molecule has 1 aliphatic carbocycles. The van der Waals surface area contributed by atoms with Gasteiger partial charge >= 0.3 is 6.03 Å². The summed E-state index contributed by atoms with van der Waals surface area (Å²) in [6, 6.07) is -0.289. The molecule has 102 valence electrons. The molecule has 0 aromatic heterocycles. The lowest BCUT2D eigenvalue weighted by molar-refractivity contribution is -0.186. The molecule has 2 aliphatic rings. The van der Waals surface area contributed by atoms with Crippen LogP contribution in [0.1, 0.15) is 44.9 Å². The molecule has 2 rings (SSSR count). The average molecular weight is 254 g/mol. The molecule has 0 spiro atoms. The highest BCUT2D eigenvalue weighted by molar-refractivity contribution is 5.72. The molecule has 5 nitrogen and oxygen atoms in total. The molecule has 0 bridgehead atoms. The Kier molecular flexibility index (Phi) is 5.48. The van der Waals surface area contributed by atoms with Gasteiger partial charge in [-0.2, -0.15) is 0 Å². The van der Waals surface area contributed by atoms with Crippen LogP contribution in [-0.2, 0) is 9.57 Å². The van der Waals surface area contributed by atoms with Crippen molar-refractivity contribution in [3.63, 3.8) is 0 Å². The van der Waals surface area contributed by atoms with Gasteiger partial charge in [-0.3, -0.25) is 0 Å². The monoisotopic (exact) mass is 254 g/mol. The third kappa shape index (κ3) is 4.66. The lowest BCUT2D eigenvalue weighted by Crippen LogP contribution is -2.40. The third-order valence-corrected chi connectivity index (χ3v) is 3.29. The van der Waals surface area contributed by atoms with E-state index in [-0.39, 0.29) is 12.3 Å². The zero-order valence-electron chi connectivity index (χ0n) is 10.7. The molecule has 2 N–H and O–H groups in total. The highest BCUT2D eigenvalue weighted by Crippen LogP contribution is 2.19. The minimum Gasteiger partial charge on any atom is -0.350 e. The van der Waals surface area contributed by atoms with Gasteiger partial charge < -0.3 is 10.1 Å². The molecular formula is C13H22N2O3. The van der Waals surface area contributed by atoms with Crippen molar-refractivity contribution in [1.82, 2.24) is 10.8 Å². The van der Waals surface area contributed by atoms with Crippen LogP contribution in [0.4, 0.5) is 4.79 Å². The lowest BCUT2D eigenvalue weighted by Gasteiger charge is -2.22. The molecule has 1 unspecified atom stereocenters. The highest BCUT2D eigenvalue weighted by atomic mass is 16.8. The van der Waals surface area contributed by atoms with Gasteiger partial charge in [0.25, 0.3) is 0 Å². The first kappa shape index (κ1) is 13.4. The number of carbonyl (C=O) groups is 1. The molecule has 1 fully saturated rings. The fourth-order valence-corrected chi connectivity index (χ4v) is 2.26. The van der Waals surface area contributed by atoms with Gasteiger partial charge in [0.1, 0.15) is 0 Å². The SMILES string of the molecule is O=C(NCCC1=CCCC1)NOC1CCCCO1. The number of ether oxygens (including phenoxy) is 1. The van der Waals surface area contributed by atoms with E-state index in [9.17, 15) is 4.79 Å². The molecule has 18 heavy (non-hydrogen) atoms. The molecule has 0 saturated carbocycles. The van der Waals surface area contributed by atoms with Crippen LogP contribution in [0.15, 0.2) is 11.6 Å². The topological polar surface area (TPSA) is 59.6 Å². The maximum atomic E-state index is 11.4. The van der Waals surface area contributed by atoms with E-state index in [0.717, 1.165) is 25.7 Å². The molecule has 2 amide bonds. The summed E-state index contributed by atoms with van der Waals surface area (Å²) in [5, 5.41) is 2.78. The summed E-state index contributed by atoms with van der Waals surface area (Å²) < 4.78 is 5.34. The van der Waals surface area contributed by atoms with E-state index in [4.69, 9.17) is 9.57 Å². The minimum atomic E-state index is -0.290. The van der Waals surface area contributed by atoms with Crippen molar-refractivity contribution in [2.24, 2.45) is 0 Å². The standard InChI is InChI=1S/C13H22N2O3/c16-13(14-9-8-11-5-1-2-6-11)15-18-12-7-3-4-10-17-12/h5,12H,1-4,6-10H2,(H2,14,15,16). The second-order valence-corrected chi connectivity index (χ2v) is 4.78. The molecule has 0 aromatic carbocycles. The maximum absolute atomic E-state index is 11.4. The number of urea groups is 1. The van der Waals surface area contributed by atoms with Crippen LogP contribution < -0.4 is 10.8 Å². The first-order valence-electron chi connectivity index (χ1n) is 6.83. The Morgan fingerprint density at radius 1 is 1.44 bits per heavy atom. The van der Waals surface area contributed by atoms with E-state index in [0.29, 0.717) is 13.2 Å². The van der Waals surface area contributed by atoms with E-state index in [1.54, 1.807) is 0 Å². The van der Waals surface area contributed by atoms with Crippen molar-refractivity contribution in [3.8, 4) is 0 Å². The van der Waals surface area contributed by atoms with Crippen molar-refractivity contribution in [2.45, 2.75) is 51.2 Å². The number of hydrogen-bond donors (Lipinski definition) is 2. The predicted molar refractivity (Wildman–Crippen MR) is 67.8 cm³/mol. The van der Waals surface area contributed by atoms with E-state index >= 15 is 0 Å². The zero-order valence-corrected chi connectivity index (χ0v) is 10.7. The zero-order chi connectivity index (χ0) is 12.6. The fraction of sp³-hybridized carbons (Fsp3) is 0.769. The van der Waals surface area contributed by atoms with Crippen LogP contribution in [0.5, 0.6) is 0 Å². The number of carbonyl (C=O) groups excluding carboxylic acids is 1. The van der Waals surface area contributed by atoms with E-state index < -0.39 is 0 Å². The summed E-state index contributed by atoms with van der Waals surface area (Å²) in [5.74, 6) is 0. The van der Waals surface area contributed by atoms with Crippen LogP contribution >= 0.6 is 0 Å². The van der Waals surface area contributed by atoms with Crippen LogP contribution in [0.3, 0.4) is 0 Å². The number of nitrogens with one attached hydrogen (secondary N) is 2. The highest BCUT2D eigenvalue weighted by Gasteiger charge is 2.15. The van der Waals surface area contributed by atoms with Crippen molar-refractivity contribution in [1.29, 1.82) is 0 Å². The molecule has 1 atom stereocenters. The van der Waals surface area contributed by atoms with Gasteiger partial charge in [-0.1, -0.05) is 11.6 Å². The Morgan fingerprint density at radius 3 is 3.11 bits per heavy atom. The maximum Gasteiger partial charge on any atom is 0.338 e. The number of amides is 2. The Morgan fingerprint density at radius 2 is 2.39 bits per heavy atom. The van der Waals surface area contributed by atoms with Gasteiger partial charge in [0.2, 0.25) is 0 Å². The van der Waals surface area contributed by atoms with E-state index in [1.807, 2.05) is 0 Å². The smallest absolute Gasteiger partial charge is 0.338 e. The fourth-order valence-electron chi connectivity index (χ4n) is 2.26. The normalized spacial score (nSPS) is 23.6.